The van der Waals surface area contributed by atoms with Crippen LogP contribution in [0.3, 0.4) is 0 Å². The number of carboxylic acid groups (broad SMARTS) is 1. The molecule has 0 bridgehead atoms. The topological polar surface area (TPSA) is 87.2 Å². The first-order chi connectivity index (χ1) is 13.4. The molecule has 1 aromatic rings. The zero-order chi connectivity index (χ0) is 20.6. The maximum absolute atomic E-state index is 13.2. The van der Waals surface area contributed by atoms with Gasteiger partial charge in [-0.25, -0.2) is 9.59 Å². The highest BCUT2D eigenvalue weighted by Crippen LogP contribution is 2.48. The van der Waals surface area contributed by atoms with Crippen molar-refractivity contribution in [1.82, 2.24) is 9.80 Å². The fraction of sp³-hybridized carbons (Fsp3) is 0.600. The molecule has 0 spiro atoms. The molecule has 1 N–H and O–H groups in total. The Labute approximate surface area is 167 Å². The van der Waals surface area contributed by atoms with Crippen LogP contribution in [-0.2, 0) is 20.3 Å². The second-order valence-electron chi connectivity index (χ2n) is 7.21. The van der Waals surface area contributed by atoms with Crippen molar-refractivity contribution in [2.45, 2.75) is 45.1 Å². The minimum atomic E-state index is -3.00. The molecule has 1 aliphatic rings. The van der Waals surface area contributed by atoms with E-state index in [0.29, 0.717) is 32.2 Å². The van der Waals surface area contributed by atoms with Gasteiger partial charge in [0, 0.05) is 19.8 Å². The second kappa shape index (κ2) is 10.6. The summed E-state index contributed by atoms with van der Waals surface area (Å²) in [6.07, 6.45) is 4.09. The van der Waals surface area contributed by atoms with E-state index < -0.39 is 25.4 Å². The standard InChI is InChI=1S/C20H31N2O5P/c1-3-27-28(26,15-8-7-12-17-10-5-4-6-11-17)16-21(2)20(25)22-14-9-13-18(22)19(23)24/h4-6,10-11,18H,3,7-9,12-16H2,1-2H3,(H,23,24)/t18-,28?/m0/s1. The fourth-order valence-electron chi connectivity index (χ4n) is 3.59. The van der Waals surface area contributed by atoms with E-state index >= 15 is 0 Å². The van der Waals surface area contributed by atoms with Gasteiger partial charge in [-0.05, 0) is 44.6 Å². The number of aryl methyl sites for hydroxylation is 1. The van der Waals surface area contributed by atoms with Gasteiger partial charge in [0.2, 0.25) is 7.37 Å². The number of likely N-dealkylation sites (tertiary alicyclic amines) is 1. The Bertz CT molecular complexity index is 697. The predicted molar refractivity (Wildman–Crippen MR) is 109 cm³/mol. The summed E-state index contributed by atoms with van der Waals surface area (Å²) >= 11 is 0. The number of aliphatic carboxylic acids is 1. The lowest BCUT2D eigenvalue weighted by atomic mass is 10.1. The Morgan fingerprint density at radius 2 is 2.00 bits per heavy atom. The van der Waals surface area contributed by atoms with E-state index in [9.17, 15) is 19.3 Å². The van der Waals surface area contributed by atoms with E-state index in [2.05, 4.69) is 12.1 Å². The molecule has 0 aromatic heterocycles. The van der Waals surface area contributed by atoms with Crippen molar-refractivity contribution in [2.75, 3.05) is 32.6 Å². The first-order valence-corrected chi connectivity index (χ1v) is 11.9. The van der Waals surface area contributed by atoms with Crippen molar-refractivity contribution in [3.63, 3.8) is 0 Å². The Balaban J connectivity index is 1.89. The van der Waals surface area contributed by atoms with E-state index in [1.165, 1.54) is 15.4 Å². The molecule has 1 aliphatic heterocycles. The molecule has 2 amide bonds. The molecular weight excluding hydrogens is 379 g/mol. The molecule has 0 radical (unpaired) electrons. The predicted octanol–water partition coefficient (Wildman–Crippen LogP) is 3.88. The summed E-state index contributed by atoms with van der Waals surface area (Å²) in [6.45, 7) is 2.52. The third kappa shape index (κ3) is 6.35. The lowest BCUT2D eigenvalue weighted by Crippen LogP contribution is -2.47. The van der Waals surface area contributed by atoms with Gasteiger partial charge in [-0.2, -0.15) is 0 Å². The molecule has 0 aliphatic carbocycles. The molecule has 1 heterocycles. The molecule has 2 rings (SSSR count). The monoisotopic (exact) mass is 410 g/mol. The van der Waals surface area contributed by atoms with Gasteiger partial charge >= 0.3 is 12.0 Å². The number of urea groups is 1. The van der Waals surface area contributed by atoms with Crippen molar-refractivity contribution in [1.29, 1.82) is 0 Å². The van der Waals surface area contributed by atoms with Crippen molar-refractivity contribution in [2.24, 2.45) is 0 Å². The molecule has 156 valence electrons. The third-order valence-corrected chi connectivity index (χ3v) is 7.54. The molecule has 1 saturated heterocycles. The Morgan fingerprint density at radius 3 is 2.64 bits per heavy atom. The van der Waals surface area contributed by atoms with Gasteiger partial charge < -0.3 is 19.4 Å². The van der Waals surface area contributed by atoms with Gasteiger partial charge in [0.15, 0.2) is 0 Å². The van der Waals surface area contributed by atoms with Crippen molar-refractivity contribution in [3.05, 3.63) is 35.9 Å². The number of hydrogen-bond donors (Lipinski definition) is 1. The van der Waals surface area contributed by atoms with E-state index in [4.69, 9.17) is 4.52 Å². The Hall–Kier alpha value is -1.85. The van der Waals surface area contributed by atoms with Crippen LogP contribution in [0.4, 0.5) is 4.79 Å². The Kier molecular flexibility index (Phi) is 8.52. The molecule has 0 saturated carbocycles. The molecule has 8 heteroatoms. The lowest BCUT2D eigenvalue weighted by molar-refractivity contribution is -0.141. The summed E-state index contributed by atoms with van der Waals surface area (Å²) in [5.74, 6) is -0.992. The van der Waals surface area contributed by atoms with E-state index in [1.807, 2.05) is 18.2 Å². The quantitative estimate of drug-likeness (QED) is 0.467. The SMILES string of the molecule is CCOP(=O)(CCCCc1ccccc1)CN(C)C(=O)N1CCC[C@H]1C(=O)O. The maximum Gasteiger partial charge on any atom is 0.326 e. The number of amides is 2. The zero-order valence-corrected chi connectivity index (χ0v) is 17.6. The molecule has 1 unspecified atom stereocenters. The number of nitrogens with zero attached hydrogens (tertiary/aromatic N) is 2. The molecule has 1 aromatic carbocycles. The fourth-order valence-corrected chi connectivity index (χ4v) is 5.89. The molecule has 2 atom stereocenters. The van der Waals surface area contributed by atoms with Crippen molar-refractivity contribution >= 4 is 19.4 Å². The minimum Gasteiger partial charge on any atom is -0.480 e. The van der Waals surface area contributed by atoms with Crippen molar-refractivity contribution in [3.8, 4) is 0 Å². The summed E-state index contributed by atoms with van der Waals surface area (Å²) in [5, 5.41) is 9.28. The largest absolute Gasteiger partial charge is 0.480 e. The first kappa shape index (κ1) is 22.4. The number of carbonyl (C=O) groups is 2. The normalized spacial score (nSPS) is 18.6. The lowest BCUT2D eigenvalue weighted by Gasteiger charge is -2.30. The van der Waals surface area contributed by atoms with Crippen LogP contribution in [0.2, 0.25) is 0 Å². The van der Waals surface area contributed by atoms with Crippen LogP contribution in [0, 0.1) is 0 Å². The van der Waals surface area contributed by atoms with Crippen LogP contribution in [0.15, 0.2) is 30.3 Å². The van der Waals surface area contributed by atoms with Gasteiger partial charge in [-0.3, -0.25) is 4.57 Å². The Morgan fingerprint density at radius 1 is 1.29 bits per heavy atom. The summed E-state index contributed by atoms with van der Waals surface area (Å²) in [5.41, 5.74) is 1.25. The number of carbonyl (C=O) groups excluding carboxylic acids is 1. The van der Waals surface area contributed by atoms with Crippen LogP contribution >= 0.6 is 7.37 Å². The average molecular weight is 410 g/mol. The van der Waals surface area contributed by atoms with Gasteiger partial charge in [0.05, 0.1) is 12.9 Å². The number of rotatable bonds is 10. The van der Waals surface area contributed by atoms with Crippen LogP contribution in [-0.4, -0.2) is 65.6 Å². The van der Waals surface area contributed by atoms with Gasteiger partial charge in [-0.1, -0.05) is 30.3 Å². The zero-order valence-electron chi connectivity index (χ0n) is 16.7. The van der Waals surface area contributed by atoms with E-state index in [-0.39, 0.29) is 6.29 Å². The van der Waals surface area contributed by atoms with Crippen LogP contribution in [0.1, 0.15) is 38.2 Å². The highest BCUT2D eigenvalue weighted by molar-refractivity contribution is 7.58. The number of benzene rings is 1. The van der Waals surface area contributed by atoms with Gasteiger partial charge in [-0.15, -0.1) is 0 Å². The van der Waals surface area contributed by atoms with E-state index in [0.717, 1.165) is 19.3 Å². The smallest absolute Gasteiger partial charge is 0.326 e. The number of unbranched alkanes of at least 4 members (excludes halogenated alkanes) is 1. The molecular formula is C20H31N2O5P. The average Bonchev–Trinajstić information content (AvgIpc) is 3.16. The third-order valence-electron chi connectivity index (χ3n) is 4.96. The summed E-state index contributed by atoms with van der Waals surface area (Å²) in [7, 11) is -1.44. The first-order valence-electron chi connectivity index (χ1n) is 9.87. The minimum absolute atomic E-state index is 0.00779. The van der Waals surface area contributed by atoms with Gasteiger partial charge in [0.1, 0.15) is 6.04 Å². The van der Waals surface area contributed by atoms with Crippen LogP contribution in [0.25, 0.3) is 0 Å². The number of hydrogen-bond acceptors (Lipinski definition) is 4. The van der Waals surface area contributed by atoms with Crippen LogP contribution < -0.4 is 0 Å². The molecule has 1 fully saturated rings. The summed E-state index contributed by atoms with van der Waals surface area (Å²) in [4.78, 5) is 26.7. The second-order valence-corrected chi connectivity index (χ2v) is 9.83. The van der Waals surface area contributed by atoms with Gasteiger partial charge in [0.25, 0.3) is 0 Å². The maximum atomic E-state index is 13.2. The highest BCUT2D eigenvalue weighted by atomic mass is 31.2. The van der Waals surface area contributed by atoms with Crippen molar-refractivity contribution < 1.29 is 23.8 Å². The van der Waals surface area contributed by atoms with Crippen LogP contribution in [0.5, 0.6) is 0 Å². The number of carboxylic acids is 1. The molecule has 28 heavy (non-hydrogen) atoms. The molecule has 7 nitrogen and oxygen atoms in total. The highest BCUT2D eigenvalue weighted by Gasteiger charge is 2.37. The summed E-state index contributed by atoms with van der Waals surface area (Å²) < 4.78 is 18.8. The van der Waals surface area contributed by atoms with E-state index in [1.54, 1.807) is 14.0 Å². The summed E-state index contributed by atoms with van der Waals surface area (Å²) in [6, 6.07) is 8.94.